The van der Waals surface area contributed by atoms with Gasteiger partial charge in [-0.05, 0) is 50.6 Å². The summed E-state index contributed by atoms with van der Waals surface area (Å²) in [5.74, 6) is -0.756. The maximum atomic E-state index is 13.1. The summed E-state index contributed by atoms with van der Waals surface area (Å²) in [4.78, 5) is 30.3. The lowest BCUT2D eigenvalue weighted by Crippen LogP contribution is -2.47. The molecule has 170 valence electrons. The summed E-state index contributed by atoms with van der Waals surface area (Å²) in [5.41, 5.74) is 1.03. The van der Waals surface area contributed by atoms with E-state index in [0.29, 0.717) is 6.42 Å². The van der Waals surface area contributed by atoms with Crippen LogP contribution < -0.4 is 4.90 Å². The number of anilines is 1. The number of ether oxygens (including phenoxy) is 3. The average Bonchev–Trinajstić information content (AvgIpc) is 2.77. The Morgan fingerprint density at radius 2 is 1.90 bits per heavy atom. The van der Waals surface area contributed by atoms with Crippen LogP contribution in [0.2, 0.25) is 0 Å². The first kappa shape index (κ1) is 22.9. The third-order valence-corrected chi connectivity index (χ3v) is 5.39. The number of halogens is 1. The molecule has 2 aliphatic heterocycles. The molecule has 3 rings (SSSR count). The van der Waals surface area contributed by atoms with E-state index in [-0.39, 0.29) is 30.8 Å². The first-order valence-electron chi connectivity index (χ1n) is 10.6. The van der Waals surface area contributed by atoms with Crippen LogP contribution in [0.4, 0.5) is 10.1 Å². The normalized spacial score (nSPS) is 19.6. The van der Waals surface area contributed by atoms with Crippen LogP contribution in [0.1, 0.15) is 19.8 Å². The van der Waals surface area contributed by atoms with Crippen molar-refractivity contribution in [1.82, 2.24) is 9.80 Å². The Labute approximate surface area is 182 Å². The fourth-order valence-corrected chi connectivity index (χ4v) is 3.73. The van der Waals surface area contributed by atoms with E-state index in [4.69, 9.17) is 14.2 Å². The van der Waals surface area contributed by atoms with Gasteiger partial charge in [0, 0.05) is 31.9 Å². The molecule has 0 spiro atoms. The monoisotopic (exact) mass is 435 g/mol. The quantitative estimate of drug-likeness (QED) is 0.549. The molecule has 0 radical (unpaired) electrons. The molecule has 1 saturated heterocycles. The molecule has 1 amide bonds. The van der Waals surface area contributed by atoms with Crippen LogP contribution in [-0.2, 0) is 23.8 Å². The Balaban J connectivity index is 1.44. The summed E-state index contributed by atoms with van der Waals surface area (Å²) in [5, 5.41) is 0. The highest BCUT2D eigenvalue weighted by molar-refractivity contribution is 5.86. The molecule has 2 aliphatic rings. The molecule has 0 saturated carbocycles. The molecule has 0 aromatic heterocycles. The van der Waals surface area contributed by atoms with Crippen LogP contribution in [0.5, 0.6) is 0 Å². The fourth-order valence-electron chi connectivity index (χ4n) is 3.73. The van der Waals surface area contributed by atoms with E-state index in [2.05, 4.69) is 9.80 Å². The minimum atomic E-state index is -0.685. The summed E-state index contributed by atoms with van der Waals surface area (Å²) in [6.45, 7) is 6.19. The molecule has 31 heavy (non-hydrogen) atoms. The lowest BCUT2D eigenvalue weighted by atomic mass is 10.1. The Bertz CT molecular complexity index is 778. The van der Waals surface area contributed by atoms with Crippen LogP contribution >= 0.6 is 0 Å². The molecule has 0 N–H and O–H groups in total. The number of amides is 1. The maximum absolute atomic E-state index is 13.1. The molecule has 9 heteroatoms. The molecule has 1 aromatic rings. The number of esters is 1. The largest absolute Gasteiger partial charge is 0.468 e. The first-order chi connectivity index (χ1) is 15.0. The van der Waals surface area contributed by atoms with E-state index in [1.165, 1.54) is 30.3 Å². The smallest absolute Gasteiger partial charge is 0.326 e. The van der Waals surface area contributed by atoms with Gasteiger partial charge < -0.3 is 19.1 Å². The van der Waals surface area contributed by atoms with Gasteiger partial charge in [0.15, 0.2) is 6.10 Å². The SMILES string of the molecule is CCOC(=O)CN1C=C(OC)OC(CCCN2CCN(c3ccc(F)cc3)CC2)C1=O. The topological polar surface area (TPSA) is 71.6 Å². The zero-order chi connectivity index (χ0) is 22.2. The van der Waals surface area contributed by atoms with E-state index in [0.717, 1.165) is 44.8 Å². The van der Waals surface area contributed by atoms with Crippen molar-refractivity contribution in [1.29, 1.82) is 0 Å². The molecule has 1 fully saturated rings. The second kappa shape index (κ2) is 11.0. The van der Waals surface area contributed by atoms with Crippen molar-refractivity contribution < 1.29 is 28.2 Å². The Kier molecular flexibility index (Phi) is 8.11. The van der Waals surface area contributed by atoms with Crippen molar-refractivity contribution in [3.63, 3.8) is 0 Å². The number of benzene rings is 1. The standard InChI is InChI=1S/C22H30FN3O5/c1-3-30-20(27)15-26-16-21(29-2)31-19(22(26)28)5-4-10-24-11-13-25(14-12-24)18-8-6-17(23)7-9-18/h6-9,16,19H,3-5,10-15H2,1-2H3. The number of piperazine rings is 1. The molecule has 2 heterocycles. The third kappa shape index (κ3) is 6.33. The number of hydrogen-bond acceptors (Lipinski definition) is 7. The number of nitrogens with zero attached hydrogens (tertiary/aromatic N) is 3. The van der Waals surface area contributed by atoms with Gasteiger partial charge in [-0.2, -0.15) is 0 Å². The molecule has 0 aliphatic carbocycles. The predicted octanol–water partition coefficient (Wildman–Crippen LogP) is 1.96. The minimum Gasteiger partial charge on any atom is -0.468 e. The number of rotatable bonds is 9. The van der Waals surface area contributed by atoms with Gasteiger partial charge in [-0.25, -0.2) is 4.39 Å². The predicted molar refractivity (Wildman–Crippen MR) is 113 cm³/mol. The Morgan fingerprint density at radius 3 is 2.55 bits per heavy atom. The van der Waals surface area contributed by atoms with Crippen molar-refractivity contribution in [3.8, 4) is 0 Å². The Hall–Kier alpha value is -2.81. The van der Waals surface area contributed by atoms with Gasteiger partial charge in [0.25, 0.3) is 11.9 Å². The van der Waals surface area contributed by atoms with E-state index in [1.54, 1.807) is 19.1 Å². The van der Waals surface area contributed by atoms with E-state index < -0.39 is 12.1 Å². The van der Waals surface area contributed by atoms with Crippen LogP contribution in [-0.4, -0.2) is 80.8 Å². The number of carbonyl (C=O) groups is 2. The van der Waals surface area contributed by atoms with Crippen LogP contribution in [0, 0.1) is 5.82 Å². The third-order valence-electron chi connectivity index (χ3n) is 5.39. The first-order valence-corrected chi connectivity index (χ1v) is 10.6. The molecular formula is C22H30FN3O5. The van der Waals surface area contributed by atoms with Gasteiger partial charge in [-0.1, -0.05) is 0 Å². The number of carbonyl (C=O) groups excluding carboxylic acids is 2. The van der Waals surface area contributed by atoms with E-state index in [9.17, 15) is 14.0 Å². The number of methoxy groups -OCH3 is 1. The zero-order valence-electron chi connectivity index (χ0n) is 18.1. The summed E-state index contributed by atoms with van der Waals surface area (Å²) in [6, 6.07) is 6.58. The summed E-state index contributed by atoms with van der Waals surface area (Å²) in [7, 11) is 1.46. The van der Waals surface area contributed by atoms with Gasteiger partial charge in [-0.3, -0.25) is 19.4 Å². The van der Waals surface area contributed by atoms with Gasteiger partial charge in [0.2, 0.25) is 0 Å². The van der Waals surface area contributed by atoms with Crippen LogP contribution in [0.25, 0.3) is 0 Å². The highest BCUT2D eigenvalue weighted by Crippen LogP contribution is 2.20. The van der Waals surface area contributed by atoms with Gasteiger partial charge >= 0.3 is 5.97 Å². The lowest BCUT2D eigenvalue weighted by Gasteiger charge is -2.36. The highest BCUT2D eigenvalue weighted by atomic mass is 19.1. The summed E-state index contributed by atoms with van der Waals surface area (Å²) >= 11 is 0. The van der Waals surface area contributed by atoms with Crippen molar-refractivity contribution >= 4 is 17.6 Å². The minimum absolute atomic E-state index is 0.162. The summed E-state index contributed by atoms with van der Waals surface area (Å²) < 4.78 is 28.8. The van der Waals surface area contributed by atoms with Gasteiger partial charge in [0.1, 0.15) is 12.4 Å². The second-order valence-electron chi connectivity index (χ2n) is 7.48. The second-order valence-corrected chi connectivity index (χ2v) is 7.48. The molecular weight excluding hydrogens is 405 g/mol. The lowest BCUT2D eigenvalue weighted by molar-refractivity contribution is -0.155. The van der Waals surface area contributed by atoms with Gasteiger partial charge in [0.05, 0.1) is 19.9 Å². The molecule has 0 bridgehead atoms. The van der Waals surface area contributed by atoms with Crippen molar-refractivity contribution in [2.24, 2.45) is 0 Å². The fraction of sp³-hybridized carbons (Fsp3) is 0.545. The van der Waals surface area contributed by atoms with Crippen LogP contribution in [0.3, 0.4) is 0 Å². The Morgan fingerprint density at radius 1 is 1.19 bits per heavy atom. The van der Waals surface area contributed by atoms with Crippen LogP contribution in [0.15, 0.2) is 36.4 Å². The maximum Gasteiger partial charge on any atom is 0.326 e. The highest BCUT2D eigenvalue weighted by Gasteiger charge is 2.32. The number of hydrogen-bond donors (Lipinski definition) is 0. The zero-order valence-corrected chi connectivity index (χ0v) is 18.1. The summed E-state index contributed by atoms with van der Waals surface area (Å²) in [6.07, 6.45) is 2.01. The molecule has 1 atom stereocenters. The van der Waals surface area contributed by atoms with Gasteiger partial charge in [-0.15, -0.1) is 0 Å². The van der Waals surface area contributed by atoms with E-state index >= 15 is 0 Å². The van der Waals surface area contributed by atoms with Crippen molar-refractivity contribution in [2.45, 2.75) is 25.9 Å². The van der Waals surface area contributed by atoms with Crippen molar-refractivity contribution in [2.75, 3.05) is 57.9 Å². The van der Waals surface area contributed by atoms with E-state index in [1.807, 2.05) is 0 Å². The molecule has 1 aromatic carbocycles. The average molecular weight is 435 g/mol. The molecule has 8 nitrogen and oxygen atoms in total. The van der Waals surface area contributed by atoms with Crippen molar-refractivity contribution in [3.05, 3.63) is 42.2 Å². The molecule has 1 unspecified atom stereocenters.